The summed E-state index contributed by atoms with van der Waals surface area (Å²) in [5.74, 6) is 0.312. The summed E-state index contributed by atoms with van der Waals surface area (Å²) >= 11 is 0. The molecule has 132 valence electrons. The van der Waals surface area contributed by atoms with Crippen molar-refractivity contribution in [1.82, 2.24) is 20.2 Å². The second-order valence-electron chi connectivity index (χ2n) is 6.80. The van der Waals surface area contributed by atoms with Crippen molar-refractivity contribution in [2.45, 2.75) is 32.9 Å². The quantitative estimate of drug-likeness (QED) is 0.869. The molecule has 6 heteroatoms. The molecule has 6 nitrogen and oxygen atoms in total. The molecular formula is C19H25N5O. The number of nitrogens with two attached hydrogens (primary N) is 1. The third kappa shape index (κ3) is 3.96. The number of carbonyl (C=O) groups excluding carboxylic acids is 1. The number of hydrogen-bond acceptors (Lipinski definition) is 5. The summed E-state index contributed by atoms with van der Waals surface area (Å²) in [6.45, 7) is 6.86. The Morgan fingerprint density at radius 2 is 1.96 bits per heavy atom. The molecule has 1 aliphatic heterocycles. The smallest absolute Gasteiger partial charge is 0.273 e. The number of nitrogens with one attached hydrogen (secondary N) is 1. The lowest BCUT2D eigenvalue weighted by Crippen LogP contribution is -2.48. The van der Waals surface area contributed by atoms with E-state index >= 15 is 0 Å². The molecule has 2 heterocycles. The van der Waals surface area contributed by atoms with E-state index in [-0.39, 0.29) is 23.5 Å². The Labute approximate surface area is 148 Å². The van der Waals surface area contributed by atoms with Gasteiger partial charge in [-0.05, 0) is 23.5 Å². The fraction of sp³-hybridized carbons (Fsp3) is 0.421. The van der Waals surface area contributed by atoms with E-state index in [1.807, 2.05) is 0 Å². The maximum atomic E-state index is 12.4. The van der Waals surface area contributed by atoms with Crippen LogP contribution in [0.15, 0.2) is 36.7 Å². The van der Waals surface area contributed by atoms with Crippen LogP contribution >= 0.6 is 0 Å². The SMILES string of the molecule is CC(C)[C@H](CNC(=O)c1nccnc1N)N1CCc2ccccc2C1. The lowest BCUT2D eigenvalue weighted by molar-refractivity contribution is 0.0900. The van der Waals surface area contributed by atoms with Crippen LogP contribution in [-0.2, 0) is 13.0 Å². The van der Waals surface area contributed by atoms with E-state index in [1.165, 1.54) is 23.5 Å². The molecule has 0 fully saturated rings. The third-order valence-electron chi connectivity index (χ3n) is 4.81. The van der Waals surface area contributed by atoms with E-state index in [1.54, 1.807) is 0 Å². The predicted molar refractivity (Wildman–Crippen MR) is 98.0 cm³/mol. The Balaban J connectivity index is 1.66. The van der Waals surface area contributed by atoms with Gasteiger partial charge < -0.3 is 11.1 Å². The Kier molecular flexibility index (Phi) is 5.28. The highest BCUT2D eigenvalue weighted by Crippen LogP contribution is 2.22. The fourth-order valence-corrected chi connectivity index (χ4v) is 3.39. The molecule has 1 amide bonds. The van der Waals surface area contributed by atoms with Gasteiger partial charge in [-0.25, -0.2) is 9.97 Å². The Morgan fingerprint density at radius 1 is 1.24 bits per heavy atom. The predicted octanol–water partition coefficient (Wildman–Crippen LogP) is 1.87. The summed E-state index contributed by atoms with van der Waals surface area (Å²) in [5, 5.41) is 2.98. The number of nitrogens with zero attached hydrogens (tertiary/aromatic N) is 3. The normalized spacial score (nSPS) is 15.6. The van der Waals surface area contributed by atoms with Crippen LogP contribution in [0.3, 0.4) is 0 Å². The van der Waals surface area contributed by atoms with Crippen molar-refractivity contribution in [2.75, 3.05) is 18.8 Å². The standard InChI is InChI=1S/C19H25N5O/c1-13(2)16(11-23-19(25)17-18(20)22-9-8-21-17)24-10-7-14-5-3-4-6-15(14)12-24/h3-6,8-9,13,16H,7,10-12H2,1-2H3,(H2,20,22)(H,23,25)/t16-/m0/s1. The molecule has 0 radical (unpaired) electrons. The molecule has 0 unspecified atom stereocenters. The van der Waals surface area contributed by atoms with Gasteiger partial charge in [-0.2, -0.15) is 0 Å². The van der Waals surface area contributed by atoms with Gasteiger partial charge in [0.2, 0.25) is 0 Å². The minimum atomic E-state index is -0.270. The van der Waals surface area contributed by atoms with E-state index in [9.17, 15) is 4.79 Å². The monoisotopic (exact) mass is 339 g/mol. The van der Waals surface area contributed by atoms with Crippen LogP contribution in [0, 0.1) is 5.92 Å². The largest absolute Gasteiger partial charge is 0.382 e. The van der Waals surface area contributed by atoms with Crippen molar-refractivity contribution >= 4 is 11.7 Å². The number of rotatable bonds is 5. The molecule has 0 saturated carbocycles. The molecule has 1 aromatic heterocycles. The lowest BCUT2D eigenvalue weighted by Gasteiger charge is -2.38. The van der Waals surface area contributed by atoms with Crippen LogP contribution in [0.25, 0.3) is 0 Å². The second-order valence-corrected chi connectivity index (χ2v) is 6.80. The van der Waals surface area contributed by atoms with Gasteiger partial charge >= 0.3 is 0 Å². The Hall–Kier alpha value is -2.47. The minimum absolute atomic E-state index is 0.160. The molecule has 3 rings (SSSR count). The topological polar surface area (TPSA) is 84.1 Å². The van der Waals surface area contributed by atoms with Gasteiger partial charge in [-0.15, -0.1) is 0 Å². The number of fused-ring (bicyclic) bond motifs is 1. The molecule has 2 aromatic rings. The summed E-state index contributed by atoms with van der Waals surface area (Å²) in [4.78, 5) is 22.8. The molecule has 1 aromatic carbocycles. The Bertz CT molecular complexity index is 746. The van der Waals surface area contributed by atoms with E-state index in [2.05, 4.69) is 58.3 Å². The molecule has 25 heavy (non-hydrogen) atoms. The maximum absolute atomic E-state index is 12.4. The third-order valence-corrected chi connectivity index (χ3v) is 4.81. The van der Waals surface area contributed by atoms with Crippen molar-refractivity contribution < 1.29 is 4.79 Å². The number of benzene rings is 1. The van der Waals surface area contributed by atoms with Gasteiger partial charge in [0.1, 0.15) is 0 Å². The highest BCUT2D eigenvalue weighted by atomic mass is 16.1. The summed E-state index contributed by atoms with van der Waals surface area (Å²) in [5.41, 5.74) is 8.73. The van der Waals surface area contributed by atoms with Gasteiger partial charge in [0.25, 0.3) is 5.91 Å². The van der Waals surface area contributed by atoms with Crippen molar-refractivity contribution in [3.8, 4) is 0 Å². The Morgan fingerprint density at radius 3 is 2.68 bits per heavy atom. The van der Waals surface area contributed by atoms with E-state index in [0.717, 1.165) is 19.5 Å². The van der Waals surface area contributed by atoms with Crippen molar-refractivity contribution in [2.24, 2.45) is 5.92 Å². The van der Waals surface area contributed by atoms with Crippen molar-refractivity contribution in [1.29, 1.82) is 0 Å². The summed E-state index contributed by atoms with van der Waals surface area (Å²) in [6.07, 6.45) is 4.01. The summed E-state index contributed by atoms with van der Waals surface area (Å²) in [6, 6.07) is 8.84. The maximum Gasteiger partial charge on any atom is 0.273 e. The lowest BCUT2D eigenvalue weighted by atomic mass is 9.95. The van der Waals surface area contributed by atoms with Crippen molar-refractivity contribution in [3.63, 3.8) is 0 Å². The molecule has 1 aliphatic rings. The number of anilines is 1. The molecule has 0 spiro atoms. The molecule has 3 N–H and O–H groups in total. The first-order valence-corrected chi connectivity index (χ1v) is 8.71. The second kappa shape index (κ2) is 7.61. The average molecular weight is 339 g/mol. The van der Waals surface area contributed by atoms with Crippen LogP contribution in [0.2, 0.25) is 0 Å². The zero-order chi connectivity index (χ0) is 17.8. The van der Waals surface area contributed by atoms with Crippen LogP contribution in [0.4, 0.5) is 5.82 Å². The first kappa shape index (κ1) is 17.4. The van der Waals surface area contributed by atoms with Gasteiger partial charge in [0.05, 0.1) is 0 Å². The van der Waals surface area contributed by atoms with Gasteiger partial charge in [0, 0.05) is 38.1 Å². The molecular weight excluding hydrogens is 314 g/mol. The van der Waals surface area contributed by atoms with E-state index in [0.29, 0.717) is 12.5 Å². The van der Waals surface area contributed by atoms with E-state index in [4.69, 9.17) is 5.73 Å². The van der Waals surface area contributed by atoms with E-state index < -0.39 is 0 Å². The number of nitrogen functional groups attached to an aromatic ring is 1. The van der Waals surface area contributed by atoms with Gasteiger partial charge in [-0.3, -0.25) is 9.69 Å². The molecule has 0 bridgehead atoms. The molecule has 0 saturated heterocycles. The van der Waals surface area contributed by atoms with Crippen LogP contribution in [0.5, 0.6) is 0 Å². The fourth-order valence-electron chi connectivity index (χ4n) is 3.39. The zero-order valence-electron chi connectivity index (χ0n) is 14.8. The number of carbonyl (C=O) groups is 1. The first-order valence-electron chi connectivity index (χ1n) is 8.71. The zero-order valence-corrected chi connectivity index (χ0v) is 14.8. The number of aromatic nitrogens is 2. The van der Waals surface area contributed by atoms with Crippen molar-refractivity contribution in [3.05, 3.63) is 53.5 Å². The highest BCUT2D eigenvalue weighted by molar-refractivity contribution is 5.96. The summed E-state index contributed by atoms with van der Waals surface area (Å²) < 4.78 is 0. The average Bonchev–Trinajstić information content (AvgIpc) is 2.61. The van der Waals surface area contributed by atoms with Crippen LogP contribution in [-0.4, -0.2) is 39.9 Å². The first-order chi connectivity index (χ1) is 12.1. The van der Waals surface area contributed by atoms with Crippen LogP contribution < -0.4 is 11.1 Å². The number of amides is 1. The van der Waals surface area contributed by atoms with Gasteiger partial charge in [0.15, 0.2) is 11.5 Å². The molecule has 0 aliphatic carbocycles. The van der Waals surface area contributed by atoms with Crippen LogP contribution in [0.1, 0.15) is 35.5 Å². The highest BCUT2D eigenvalue weighted by Gasteiger charge is 2.26. The summed E-state index contributed by atoms with van der Waals surface area (Å²) in [7, 11) is 0. The minimum Gasteiger partial charge on any atom is -0.382 e. The van der Waals surface area contributed by atoms with Gasteiger partial charge in [-0.1, -0.05) is 38.1 Å². The number of hydrogen-bond donors (Lipinski definition) is 2. The molecule has 1 atom stereocenters.